The number of rotatable bonds is 7. The molecular formula is C29H26N2O6. The zero-order valence-electron chi connectivity index (χ0n) is 20.9. The van der Waals surface area contributed by atoms with E-state index in [4.69, 9.17) is 14.2 Å². The average molecular weight is 499 g/mol. The summed E-state index contributed by atoms with van der Waals surface area (Å²) < 4.78 is 16.4. The number of hydrogen-bond donors (Lipinski definition) is 1. The Bertz CT molecular complexity index is 1440. The Morgan fingerprint density at radius 3 is 2.24 bits per heavy atom. The minimum Gasteiger partial charge on any atom is -0.507 e. The second-order valence-electron chi connectivity index (χ2n) is 8.36. The van der Waals surface area contributed by atoms with Crippen molar-refractivity contribution in [2.24, 2.45) is 0 Å². The fourth-order valence-electron chi connectivity index (χ4n) is 4.40. The van der Waals surface area contributed by atoms with Crippen LogP contribution in [0, 0.1) is 18.3 Å². The van der Waals surface area contributed by atoms with Gasteiger partial charge in [0, 0.05) is 11.3 Å². The molecule has 1 aliphatic heterocycles. The van der Waals surface area contributed by atoms with E-state index in [-0.39, 0.29) is 11.3 Å². The summed E-state index contributed by atoms with van der Waals surface area (Å²) in [6.07, 6.45) is 0. The van der Waals surface area contributed by atoms with E-state index in [1.807, 2.05) is 19.9 Å². The van der Waals surface area contributed by atoms with Gasteiger partial charge >= 0.3 is 0 Å². The summed E-state index contributed by atoms with van der Waals surface area (Å²) in [6, 6.07) is 17.5. The minimum atomic E-state index is -0.959. The molecule has 0 aliphatic carbocycles. The predicted octanol–water partition coefficient (Wildman–Crippen LogP) is 4.91. The molecule has 0 radical (unpaired) electrons. The molecule has 3 aromatic rings. The van der Waals surface area contributed by atoms with Gasteiger partial charge in [-0.05, 0) is 79.6 Å². The van der Waals surface area contributed by atoms with Crippen molar-refractivity contribution < 1.29 is 28.9 Å². The lowest BCUT2D eigenvalue weighted by atomic mass is 9.94. The highest BCUT2D eigenvalue weighted by Gasteiger charge is 2.47. The summed E-state index contributed by atoms with van der Waals surface area (Å²) in [5.74, 6) is -0.387. The Hall–Kier alpha value is -4.77. The molecule has 0 bridgehead atoms. The zero-order valence-corrected chi connectivity index (χ0v) is 20.9. The molecule has 1 heterocycles. The molecule has 1 N–H and O–H groups in total. The number of aliphatic hydroxyl groups excluding tert-OH is 1. The fourth-order valence-corrected chi connectivity index (χ4v) is 4.40. The number of carbonyl (C=O) groups is 2. The van der Waals surface area contributed by atoms with Crippen LogP contribution in [0.1, 0.15) is 35.2 Å². The molecule has 8 heteroatoms. The van der Waals surface area contributed by atoms with Gasteiger partial charge < -0.3 is 19.3 Å². The van der Waals surface area contributed by atoms with Crippen molar-refractivity contribution >= 4 is 23.1 Å². The van der Waals surface area contributed by atoms with Crippen molar-refractivity contribution in [2.75, 3.05) is 25.7 Å². The van der Waals surface area contributed by atoms with Crippen molar-refractivity contribution in [1.82, 2.24) is 0 Å². The van der Waals surface area contributed by atoms with Gasteiger partial charge in [0.2, 0.25) is 0 Å². The smallest absolute Gasteiger partial charge is 0.300 e. The van der Waals surface area contributed by atoms with Crippen LogP contribution in [0.25, 0.3) is 5.76 Å². The third-order valence-corrected chi connectivity index (χ3v) is 6.19. The summed E-state index contributed by atoms with van der Waals surface area (Å²) in [7, 11) is 3.00. The molecule has 0 aromatic heterocycles. The van der Waals surface area contributed by atoms with E-state index in [1.54, 1.807) is 60.7 Å². The standard InChI is InChI=1S/C29H26N2O6/c1-5-37-22-12-9-20(14-17(22)2)27(32)25-26(19-8-13-23(35-3)24(15-19)36-4)31(29(34)28(25)33)21-10-6-18(16-30)7-11-21/h6-15,26,32H,5H2,1-4H3/b27-25-. The first-order valence-corrected chi connectivity index (χ1v) is 11.6. The number of nitriles is 1. The Labute approximate surface area is 214 Å². The fraction of sp³-hybridized carbons (Fsp3) is 0.207. The normalized spacial score (nSPS) is 16.4. The van der Waals surface area contributed by atoms with Gasteiger partial charge in [-0.15, -0.1) is 0 Å². The van der Waals surface area contributed by atoms with Crippen LogP contribution in [0.2, 0.25) is 0 Å². The molecule has 1 amide bonds. The van der Waals surface area contributed by atoms with Gasteiger partial charge in [-0.1, -0.05) is 6.07 Å². The number of benzene rings is 3. The monoisotopic (exact) mass is 498 g/mol. The molecule has 0 spiro atoms. The maximum Gasteiger partial charge on any atom is 0.300 e. The van der Waals surface area contributed by atoms with Crippen LogP contribution in [-0.2, 0) is 9.59 Å². The van der Waals surface area contributed by atoms with Crippen molar-refractivity contribution in [3.8, 4) is 23.3 Å². The van der Waals surface area contributed by atoms with Crippen molar-refractivity contribution in [3.05, 3.63) is 88.5 Å². The van der Waals surface area contributed by atoms with E-state index in [0.717, 1.165) is 5.56 Å². The van der Waals surface area contributed by atoms with E-state index < -0.39 is 17.7 Å². The van der Waals surface area contributed by atoms with E-state index in [9.17, 15) is 20.0 Å². The lowest BCUT2D eigenvalue weighted by Crippen LogP contribution is -2.29. The third kappa shape index (κ3) is 4.59. The van der Waals surface area contributed by atoms with E-state index in [1.165, 1.54) is 19.1 Å². The Balaban J connectivity index is 1.94. The second-order valence-corrected chi connectivity index (χ2v) is 8.36. The number of aliphatic hydroxyl groups is 1. The Morgan fingerprint density at radius 2 is 1.65 bits per heavy atom. The molecule has 3 aromatic carbocycles. The summed E-state index contributed by atoms with van der Waals surface area (Å²) in [6.45, 7) is 4.20. The number of aryl methyl sites for hydroxylation is 1. The van der Waals surface area contributed by atoms with Crippen LogP contribution in [0.5, 0.6) is 17.2 Å². The van der Waals surface area contributed by atoms with Crippen LogP contribution in [-0.4, -0.2) is 37.6 Å². The number of amides is 1. The van der Waals surface area contributed by atoms with Gasteiger partial charge in [0.15, 0.2) is 11.5 Å². The highest BCUT2D eigenvalue weighted by Crippen LogP contribution is 2.44. The van der Waals surface area contributed by atoms with Crippen molar-refractivity contribution in [2.45, 2.75) is 19.9 Å². The number of ketones is 1. The number of methoxy groups -OCH3 is 2. The summed E-state index contributed by atoms with van der Waals surface area (Å²) >= 11 is 0. The lowest BCUT2D eigenvalue weighted by Gasteiger charge is -2.26. The van der Waals surface area contributed by atoms with Gasteiger partial charge in [-0.2, -0.15) is 5.26 Å². The van der Waals surface area contributed by atoms with Gasteiger partial charge in [0.25, 0.3) is 11.7 Å². The molecule has 1 fully saturated rings. The number of ether oxygens (including phenoxy) is 3. The maximum atomic E-state index is 13.4. The predicted molar refractivity (Wildman–Crippen MR) is 138 cm³/mol. The van der Waals surface area contributed by atoms with Gasteiger partial charge in [-0.3, -0.25) is 14.5 Å². The quantitative estimate of drug-likeness (QED) is 0.280. The summed E-state index contributed by atoms with van der Waals surface area (Å²) in [4.78, 5) is 28.1. The molecule has 1 atom stereocenters. The van der Waals surface area contributed by atoms with E-state index in [0.29, 0.717) is 46.2 Å². The number of nitrogens with zero attached hydrogens (tertiary/aromatic N) is 2. The van der Waals surface area contributed by atoms with Gasteiger partial charge in [-0.25, -0.2) is 0 Å². The third-order valence-electron chi connectivity index (χ3n) is 6.19. The molecule has 1 aliphatic rings. The first-order valence-electron chi connectivity index (χ1n) is 11.6. The first kappa shape index (κ1) is 25.3. The highest BCUT2D eigenvalue weighted by atomic mass is 16.5. The molecule has 1 unspecified atom stereocenters. The van der Waals surface area contributed by atoms with E-state index >= 15 is 0 Å². The van der Waals surface area contributed by atoms with Crippen LogP contribution in [0.4, 0.5) is 5.69 Å². The summed E-state index contributed by atoms with van der Waals surface area (Å²) in [5.41, 5.74) is 2.44. The molecule has 1 saturated heterocycles. The molecule has 8 nitrogen and oxygen atoms in total. The Morgan fingerprint density at radius 1 is 0.973 bits per heavy atom. The number of hydrogen-bond acceptors (Lipinski definition) is 7. The number of anilines is 1. The van der Waals surface area contributed by atoms with Crippen molar-refractivity contribution in [1.29, 1.82) is 5.26 Å². The Kier molecular flexibility index (Phi) is 7.16. The van der Waals surface area contributed by atoms with Crippen LogP contribution in [0.15, 0.2) is 66.2 Å². The molecule has 188 valence electrons. The minimum absolute atomic E-state index is 0.0647. The molecule has 0 saturated carbocycles. The topological polar surface area (TPSA) is 109 Å². The largest absolute Gasteiger partial charge is 0.507 e. The maximum absolute atomic E-state index is 13.4. The molecule has 37 heavy (non-hydrogen) atoms. The number of Topliss-reactive ketones (excluding diaryl/α,β-unsaturated/α-hetero) is 1. The number of carbonyl (C=O) groups excluding carboxylic acids is 2. The van der Waals surface area contributed by atoms with Crippen LogP contribution >= 0.6 is 0 Å². The average Bonchev–Trinajstić information content (AvgIpc) is 3.19. The molecule has 4 rings (SSSR count). The van der Waals surface area contributed by atoms with Crippen LogP contribution in [0.3, 0.4) is 0 Å². The van der Waals surface area contributed by atoms with Gasteiger partial charge in [0.1, 0.15) is 11.5 Å². The highest BCUT2D eigenvalue weighted by molar-refractivity contribution is 6.51. The summed E-state index contributed by atoms with van der Waals surface area (Å²) in [5, 5.41) is 20.6. The van der Waals surface area contributed by atoms with Gasteiger partial charge in [0.05, 0.1) is 44.1 Å². The van der Waals surface area contributed by atoms with Crippen molar-refractivity contribution in [3.63, 3.8) is 0 Å². The second kappa shape index (κ2) is 10.5. The SMILES string of the molecule is CCOc1ccc(/C(O)=C2/C(=O)C(=O)N(c3ccc(C#N)cc3)C2c2ccc(OC)c(OC)c2)cc1C. The van der Waals surface area contributed by atoms with E-state index in [2.05, 4.69) is 0 Å². The first-order chi connectivity index (χ1) is 17.8. The zero-order chi connectivity index (χ0) is 26.7. The lowest BCUT2D eigenvalue weighted by molar-refractivity contribution is -0.132. The molecular weight excluding hydrogens is 472 g/mol. The van der Waals surface area contributed by atoms with Crippen LogP contribution < -0.4 is 19.1 Å².